The number of anilines is 1. The summed E-state index contributed by atoms with van der Waals surface area (Å²) in [6, 6.07) is 19.9. The molecule has 0 saturated carbocycles. The summed E-state index contributed by atoms with van der Waals surface area (Å²) in [7, 11) is 0. The van der Waals surface area contributed by atoms with E-state index in [0.29, 0.717) is 23.9 Å². The fourth-order valence-corrected chi connectivity index (χ4v) is 3.09. The first-order valence-corrected chi connectivity index (χ1v) is 10.0. The quantitative estimate of drug-likeness (QED) is 0.405. The molecule has 31 heavy (non-hydrogen) atoms. The molecule has 1 N–H and O–H groups in total. The van der Waals surface area contributed by atoms with E-state index in [-0.39, 0.29) is 18.2 Å². The smallest absolute Gasteiger partial charge is 0.266 e. The molecular formula is C25H23N3O3. The van der Waals surface area contributed by atoms with Crippen molar-refractivity contribution in [3.63, 3.8) is 0 Å². The van der Waals surface area contributed by atoms with E-state index in [9.17, 15) is 5.26 Å². The lowest BCUT2D eigenvalue weighted by Gasteiger charge is -2.08. The second-order valence-electron chi connectivity index (χ2n) is 7.47. The second-order valence-corrected chi connectivity index (χ2v) is 7.47. The van der Waals surface area contributed by atoms with Crippen LogP contribution in [0.3, 0.4) is 0 Å². The van der Waals surface area contributed by atoms with E-state index in [1.807, 2.05) is 69.3 Å². The van der Waals surface area contributed by atoms with E-state index in [2.05, 4.69) is 16.4 Å². The van der Waals surface area contributed by atoms with Gasteiger partial charge in [-0.3, -0.25) is 0 Å². The monoisotopic (exact) mass is 413 g/mol. The number of aromatic nitrogens is 1. The van der Waals surface area contributed by atoms with Crippen LogP contribution in [0.5, 0.6) is 5.75 Å². The Morgan fingerprint density at radius 3 is 2.52 bits per heavy atom. The second kappa shape index (κ2) is 8.80. The summed E-state index contributed by atoms with van der Waals surface area (Å²) in [4.78, 5) is 4.26. The molecule has 0 aliphatic rings. The van der Waals surface area contributed by atoms with E-state index in [1.165, 1.54) is 5.56 Å². The van der Waals surface area contributed by atoms with Gasteiger partial charge in [0.1, 0.15) is 24.2 Å². The highest BCUT2D eigenvalue weighted by Crippen LogP contribution is 2.28. The zero-order valence-electron chi connectivity index (χ0n) is 17.7. The largest absolute Gasteiger partial charge is 0.485 e. The molecule has 4 aromatic rings. The van der Waals surface area contributed by atoms with Crippen LogP contribution in [-0.4, -0.2) is 4.98 Å². The fraction of sp³-hybridized carbons (Fsp3) is 0.200. The van der Waals surface area contributed by atoms with Crippen LogP contribution in [0.4, 0.5) is 5.88 Å². The van der Waals surface area contributed by atoms with Crippen LogP contribution < -0.4 is 10.1 Å². The Balaban J connectivity index is 1.45. The Labute approximate surface area is 181 Å². The summed E-state index contributed by atoms with van der Waals surface area (Å²) >= 11 is 0. The number of furan rings is 1. The highest BCUT2D eigenvalue weighted by atomic mass is 16.5. The minimum atomic E-state index is 0.187. The number of aryl methyl sites for hydroxylation is 3. The Morgan fingerprint density at radius 1 is 0.968 bits per heavy atom. The highest BCUT2D eigenvalue weighted by molar-refractivity contribution is 5.54. The minimum Gasteiger partial charge on any atom is -0.485 e. The van der Waals surface area contributed by atoms with Crippen LogP contribution in [0.1, 0.15) is 33.7 Å². The van der Waals surface area contributed by atoms with Crippen LogP contribution in [0.2, 0.25) is 0 Å². The Kier molecular flexibility index (Phi) is 5.76. The van der Waals surface area contributed by atoms with Crippen LogP contribution in [0.15, 0.2) is 63.4 Å². The van der Waals surface area contributed by atoms with Gasteiger partial charge in [0.2, 0.25) is 11.6 Å². The molecule has 0 fully saturated rings. The van der Waals surface area contributed by atoms with Crippen molar-refractivity contribution < 1.29 is 13.6 Å². The van der Waals surface area contributed by atoms with Gasteiger partial charge in [0.15, 0.2) is 5.76 Å². The van der Waals surface area contributed by atoms with Crippen molar-refractivity contribution in [2.75, 3.05) is 5.32 Å². The van der Waals surface area contributed by atoms with Gasteiger partial charge in [0.05, 0.1) is 0 Å². The number of benzene rings is 2. The van der Waals surface area contributed by atoms with Crippen LogP contribution in [0.25, 0.3) is 11.7 Å². The topological polar surface area (TPSA) is 84.2 Å². The zero-order valence-corrected chi connectivity index (χ0v) is 17.7. The number of ether oxygens (including phenoxy) is 1. The number of rotatable bonds is 7. The van der Waals surface area contributed by atoms with Gasteiger partial charge in [-0.1, -0.05) is 42.0 Å². The summed E-state index contributed by atoms with van der Waals surface area (Å²) in [6.07, 6.45) is 0. The van der Waals surface area contributed by atoms with E-state index in [4.69, 9.17) is 13.6 Å². The van der Waals surface area contributed by atoms with Crippen LogP contribution in [-0.2, 0) is 13.2 Å². The maximum atomic E-state index is 9.41. The molecule has 0 radical (unpaired) electrons. The molecule has 2 aromatic carbocycles. The third-order valence-corrected chi connectivity index (χ3v) is 4.89. The number of oxazole rings is 1. The summed E-state index contributed by atoms with van der Waals surface area (Å²) < 4.78 is 17.5. The maximum absolute atomic E-state index is 9.41. The van der Waals surface area contributed by atoms with Crippen molar-refractivity contribution in [3.05, 3.63) is 88.3 Å². The fourth-order valence-electron chi connectivity index (χ4n) is 3.09. The first-order valence-electron chi connectivity index (χ1n) is 10.0. The van der Waals surface area contributed by atoms with Crippen molar-refractivity contribution in [3.8, 4) is 23.5 Å². The lowest BCUT2D eigenvalue weighted by atomic mass is 10.1. The Hall–Kier alpha value is -3.98. The molecule has 0 saturated heterocycles. The van der Waals surface area contributed by atoms with Gasteiger partial charge >= 0.3 is 0 Å². The summed E-state index contributed by atoms with van der Waals surface area (Å²) in [5, 5.41) is 12.6. The first-order chi connectivity index (χ1) is 15.0. The SMILES string of the molecule is Cc1ccc(CNc2oc(-c3ccc(COc4cc(C)ccc4C)o3)nc2C#N)cc1. The lowest BCUT2D eigenvalue weighted by molar-refractivity contribution is 0.269. The normalized spacial score (nSPS) is 10.6. The summed E-state index contributed by atoms with van der Waals surface area (Å²) in [5.74, 6) is 2.48. The van der Waals surface area contributed by atoms with Gasteiger partial charge in [0.25, 0.3) is 5.89 Å². The number of hydrogen-bond donors (Lipinski definition) is 1. The molecule has 6 nitrogen and oxygen atoms in total. The predicted octanol–water partition coefficient (Wildman–Crippen LogP) is 5.92. The van der Waals surface area contributed by atoms with Crippen molar-refractivity contribution in [1.29, 1.82) is 5.26 Å². The van der Waals surface area contributed by atoms with Crippen molar-refractivity contribution >= 4 is 5.88 Å². The molecule has 0 aliphatic heterocycles. The van der Waals surface area contributed by atoms with Gasteiger partial charge in [0, 0.05) is 6.54 Å². The van der Waals surface area contributed by atoms with Gasteiger partial charge < -0.3 is 18.9 Å². The third-order valence-electron chi connectivity index (χ3n) is 4.89. The molecule has 0 amide bonds. The molecule has 0 unspecified atom stereocenters. The van der Waals surface area contributed by atoms with E-state index >= 15 is 0 Å². The summed E-state index contributed by atoms with van der Waals surface area (Å²) in [6.45, 7) is 6.88. The van der Waals surface area contributed by atoms with Crippen LogP contribution >= 0.6 is 0 Å². The van der Waals surface area contributed by atoms with Crippen LogP contribution in [0, 0.1) is 32.1 Å². The molecule has 4 rings (SSSR count). The standard InChI is InChI=1S/C25H23N3O3/c1-16-5-8-19(9-6-16)14-27-24-21(13-26)28-25(31-24)22-11-10-20(30-22)15-29-23-12-17(2)4-7-18(23)3/h4-12,27H,14-15H2,1-3H3. The summed E-state index contributed by atoms with van der Waals surface area (Å²) in [5.41, 5.74) is 4.66. The van der Waals surface area contributed by atoms with Crippen molar-refractivity contribution in [2.24, 2.45) is 0 Å². The first kappa shape index (κ1) is 20.3. The predicted molar refractivity (Wildman–Crippen MR) is 118 cm³/mol. The maximum Gasteiger partial charge on any atom is 0.266 e. The van der Waals surface area contributed by atoms with Gasteiger partial charge in [-0.2, -0.15) is 10.2 Å². The zero-order chi connectivity index (χ0) is 21.8. The number of hydrogen-bond acceptors (Lipinski definition) is 6. The lowest BCUT2D eigenvalue weighted by Crippen LogP contribution is -1.99. The molecule has 0 atom stereocenters. The Bertz CT molecular complexity index is 1230. The molecule has 156 valence electrons. The number of nitrogens with one attached hydrogen (secondary N) is 1. The van der Waals surface area contributed by atoms with Gasteiger partial charge in [-0.25, -0.2) is 0 Å². The van der Waals surface area contributed by atoms with E-state index in [1.54, 1.807) is 6.07 Å². The average molecular weight is 413 g/mol. The van der Waals surface area contributed by atoms with Crippen molar-refractivity contribution in [2.45, 2.75) is 33.9 Å². The van der Waals surface area contributed by atoms with Gasteiger partial charge in [-0.05, 0) is 55.7 Å². The molecule has 2 heterocycles. The number of nitrogens with zero attached hydrogens (tertiary/aromatic N) is 2. The molecule has 0 bridgehead atoms. The van der Waals surface area contributed by atoms with Crippen molar-refractivity contribution in [1.82, 2.24) is 4.98 Å². The average Bonchev–Trinajstić information content (AvgIpc) is 3.40. The molecule has 0 spiro atoms. The Morgan fingerprint density at radius 2 is 1.74 bits per heavy atom. The molecular weight excluding hydrogens is 390 g/mol. The third kappa shape index (κ3) is 4.78. The number of nitriles is 1. The van der Waals surface area contributed by atoms with Gasteiger partial charge in [-0.15, -0.1) is 0 Å². The highest BCUT2D eigenvalue weighted by Gasteiger charge is 2.17. The molecule has 6 heteroatoms. The molecule has 2 aromatic heterocycles. The van der Waals surface area contributed by atoms with E-state index < -0.39 is 0 Å². The van der Waals surface area contributed by atoms with E-state index in [0.717, 1.165) is 22.4 Å². The molecule has 0 aliphatic carbocycles. The minimum absolute atomic E-state index is 0.187.